The Morgan fingerprint density at radius 2 is 2.29 bits per heavy atom. The summed E-state index contributed by atoms with van der Waals surface area (Å²) in [5.41, 5.74) is 0. The predicted octanol–water partition coefficient (Wildman–Crippen LogP) is 3.68. The zero-order valence-corrected chi connectivity index (χ0v) is 9.14. The first-order valence-electron chi connectivity index (χ1n) is 4.12. The highest BCUT2D eigenvalue weighted by molar-refractivity contribution is 7.14. The van der Waals surface area contributed by atoms with Gasteiger partial charge in [-0.1, -0.05) is 0 Å². The molecule has 1 atom stereocenters. The van der Waals surface area contributed by atoms with Gasteiger partial charge in [-0.15, -0.1) is 22.9 Å². The Labute approximate surface area is 91.1 Å². The largest absolute Gasteiger partial charge is 0.487 e. The van der Waals surface area contributed by atoms with Gasteiger partial charge in [-0.3, -0.25) is 0 Å². The number of thiophene rings is 1. The van der Waals surface area contributed by atoms with Crippen LogP contribution in [0.15, 0.2) is 34.9 Å². The Bertz CT molecular complexity index is 394. The summed E-state index contributed by atoms with van der Waals surface area (Å²) in [6, 6.07) is 7.54. The predicted molar refractivity (Wildman–Crippen MR) is 57.3 cm³/mol. The molecule has 2 nitrogen and oxygen atoms in total. The Kier molecular flexibility index (Phi) is 2.79. The second kappa shape index (κ2) is 4.07. The molecule has 0 bridgehead atoms. The van der Waals surface area contributed by atoms with E-state index in [4.69, 9.17) is 20.8 Å². The van der Waals surface area contributed by atoms with Crippen LogP contribution in [-0.2, 0) is 0 Å². The summed E-state index contributed by atoms with van der Waals surface area (Å²) in [6.45, 7) is 0. The van der Waals surface area contributed by atoms with Gasteiger partial charge in [0.25, 0.3) is 0 Å². The average molecular weight is 229 g/mol. The molecule has 2 rings (SSSR count). The minimum absolute atomic E-state index is 0.223. The summed E-state index contributed by atoms with van der Waals surface area (Å²) in [5, 5.41) is 0.635. The summed E-state index contributed by atoms with van der Waals surface area (Å²) in [5.74, 6) is 0.760. The standard InChI is InChI=1S/C10H9ClO2S/c1-12-9-5-4-8(14-9)10(11)7-3-2-6-13-7/h2-6,10H,1H3. The van der Waals surface area contributed by atoms with Crippen LogP contribution in [0.4, 0.5) is 0 Å². The van der Waals surface area contributed by atoms with E-state index in [-0.39, 0.29) is 5.38 Å². The molecule has 14 heavy (non-hydrogen) atoms. The van der Waals surface area contributed by atoms with Crippen molar-refractivity contribution < 1.29 is 9.15 Å². The number of ether oxygens (including phenoxy) is 1. The maximum absolute atomic E-state index is 6.20. The molecule has 1 unspecified atom stereocenters. The number of alkyl halides is 1. The number of rotatable bonds is 3. The van der Waals surface area contributed by atoms with Crippen molar-refractivity contribution in [3.63, 3.8) is 0 Å². The maximum Gasteiger partial charge on any atom is 0.173 e. The van der Waals surface area contributed by atoms with Crippen LogP contribution in [0.3, 0.4) is 0 Å². The van der Waals surface area contributed by atoms with Crippen molar-refractivity contribution in [1.82, 2.24) is 0 Å². The lowest BCUT2D eigenvalue weighted by molar-refractivity contribution is 0.427. The van der Waals surface area contributed by atoms with E-state index in [9.17, 15) is 0 Å². The first kappa shape index (κ1) is 9.62. The highest BCUT2D eigenvalue weighted by Crippen LogP contribution is 2.36. The van der Waals surface area contributed by atoms with Gasteiger partial charge in [-0.2, -0.15) is 0 Å². The fraction of sp³-hybridized carbons (Fsp3) is 0.200. The van der Waals surface area contributed by atoms with E-state index >= 15 is 0 Å². The highest BCUT2D eigenvalue weighted by atomic mass is 35.5. The molecule has 0 radical (unpaired) electrons. The molecule has 2 aromatic rings. The molecule has 0 saturated carbocycles. The van der Waals surface area contributed by atoms with Crippen molar-refractivity contribution >= 4 is 22.9 Å². The molecule has 0 aliphatic carbocycles. The van der Waals surface area contributed by atoms with Gasteiger partial charge in [0.1, 0.15) is 11.1 Å². The smallest absolute Gasteiger partial charge is 0.173 e. The molecule has 4 heteroatoms. The Hall–Kier alpha value is -0.930. The van der Waals surface area contributed by atoms with Gasteiger partial charge in [0.15, 0.2) is 5.06 Å². The van der Waals surface area contributed by atoms with Crippen molar-refractivity contribution in [2.45, 2.75) is 5.38 Å². The Morgan fingerprint density at radius 1 is 1.43 bits per heavy atom. The second-order valence-electron chi connectivity index (χ2n) is 2.74. The van der Waals surface area contributed by atoms with Crippen molar-refractivity contribution in [1.29, 1.82) is 0 Å². The molecular formula is C10H9ClO2S. The van der Waals surface area contributed by atoms with Crippen LogP contribution < -0.4 is 4.74 Å². The molecule has 0 N–H and O–H groups in total. The lowest BCUT2D eigenvalue weighted by Gasteiger charge is -2.01. The molecule has 0 aliphatic rings. The van der Waals surface area contributed by atoms with Gasteiger partial charge in [-0.25, -0.2) is 0 Å². The lowest BCUT2D eigenvalue weighted by atomic mass is 10.3. The van der Waals surface area contributed by atoms with E-state index in [0.717, 1.165) is 15.7 Å². The maximum atomic E-state index is 6.20. The van der Waals surface area contributed by atoms with Gasteiger partial charge in [0.05, 0.1) is 13.4 Å². The van der Waals surface area contributed by atoms with Crippen LogP contribution in [0.25, 0.3) is 0 Å². The summed E-state index contributed by atoms with van der Waals surface area (Å²) in [6.07, 6.45) is 1.62. The number of halogens is 1. The zero-order valence-electron chi connectivity index (χ0n) is 7.57. The van der Waals surface area contributed by atoms with Crippen molar-refractivity contribution in [2.75, 3.05) is 7.11 Å². The Balaban J connectivity index is 2.23. The van der Waals surface area contributed by atoms with Crippen molar-refractivity contribution in [2.24, 2.45) is 0 Å². The van der Waals surface area contributed by atoms with Crippen LogP contribution >= 0.6 is 22.9 Å². The molecule has 0 aromatic carbocycles. The molecule has 0 spiro atoms. The minimum atomic E-state index is -0.223. The second-order valence-corrected chi connectivity index (χ2v) is 4.25. The lowest BCUT2D eigenvalue weighted by Crippen LogP contribution is -1.85. The van der Waals surface area contributed by atoms with E-state index in [1.807, 2.05) is 24.3 Å². The van der Waals surface area contributed by atoms with Crippen LogP contribution in [0.1, 0.15) is 16.0 Å². The van der Waals surface area contributed by atoms with Gasteiger partial charge in [0, 0.05) is 4.88 Å². The quantitative estimate of drug-likeness (QED) is 0.748. The number of methoxy groups -OCH3 is 1. The SMILES string of the molecule is COc1ccc(C(Cl)c2ccco2)s1. The fourth-order valence-corrected chi connectivity index (χ4v) is 2.29. The number of hydrogen-bond donors (Lipinski definition) is 0. The first-order valence-corrected chi connectivity index (χ1v) is 5.37. The normalized spacial score (nSPS) is 12.7. The third-order valence-electron chi connectivity index (χ3n) is 1.85. The van der Waals surface area contributed by atoms with Crippen molar-refractivity contribution in [3.8, 4) is 5.06 Å². The highest BCUT2D eigenvalue weighted by Gasteiger charge is 2.15. The van der Waals surface area contributed by atoms with Gasteiger partial charge < -0.3 is 9.15 Å². The van der Waals surface area contributed by atoms with Crippen LogP contribution in [-0.4, -0.2) is 7.11 Å². The van der Waals surface area contributed by atoms with Crippen LogP contribution in [0.2, 0.25) is 0 Å². The monoisotopic (exact) mass is 228 g/mol. The van der Waals surface area contributed by atoms with Crippen LogP contribution in [0.5, 0.6) is 5.06 Å². The first-order chi connectivity index (χ1) is 6.81. The van der Waals surface area contributed by atoms with Gasteiger partial charge in [0.2, 0.25) is 0 Å². The third-order valence-corrected chi connectivity index (χ3v) is 3.54. The van der Waals surface area contributed by atoms with Crippen LogP contribution in [0, 0.1) is 0 Å². The van der Waals surface area contributed by atoms with Gasteiger partial charge >= 0.3 is 0 Å². The minimum Gasteiger partial charge on any atom is -0.487 e. The van der Waals surface area contributed by atoms with E-state index in [0.29, 0.717) is 0 Å². The van der Waals surface area contributed by atoms with E-state index in [2.05, 4.69) is 0 Å². The molecule has 74 valence electrons. The van der Waals surface area contributed by atoms with E-state index < -0.39 is 0 Å². The van der Waals surface area contributed by atoms with E-state index in [1.54, 1.807) is 13.4 Å². The summed E-state index contributed by atoms with van der Waals surface area (Å²) in [4.78, 5) is 1.03. The average Bonchev–Trinajstić information content (AvgIpc) is 2.88. The van der Waals surface area contributed by atoms with Crippen molar-refractivity contribution in [3.05, 3.63) is 41.2 Å². The Morgan fingerprint density at radius 3 is 2.86 bits per heavy atom. The summed E-state index contributed by atoms with van der Waals surface area (Å²) >= 11 is 7.73. The molecule has 2 aromatic heterocycles. The topological polar surface area (TPSA) is 22.4 Å². The summed E-state index contributed by atoms with van der Waals surface area (Å²) in [7, 11) is 1.64. The molecule has 0 fully saturated rings. The fourth-order valence-electron chi connectivity index (χ4n) is 1.16. The number of furan rings is 1. The molecule has 0 amide bonds. The number of hydrogen-bond acceptors (Lipinski definition) is 3. The molecule has 2 heterocycles. The molecular weight excluding hydrogens is 220 g/mol. The van der Waals surface area contributed by atoms with Gasteiger partial charge in [-0.05, 0) is 24.3 Å². The summed E-state index contributed by atoms with van der Waals surface area (Å²) < 4.78 is 10.3. The molecule has 0 aliphatic heterocycles. The van der Waals surface area contributed by atoms with E-state index in [1.165, 1.54) is 11.3 Å². The third kappa shape index (κ3) is 1.79. The molecule has 0 saturated heterocycles. The zero-order chi connectivity index (χ0) is 9.97.